The predicted octanol–water partition coefficient (Wildman–Crippen LogP) is 4.88. The zero-order valence-electron chi connectivity index (χ0n) is 14.6. The summed E-state index contributed by atoms with van der Waals surface area (Å²) in [5.41, 5.74) is 3.04. The molecule has 0 aliphatic heterocycles. The molecule has 0 saturated heterocycles. The molecule has 3 rings (SSSR count). The number of nitrogens with zero attached hydrogens (tertiary/aromatic N) is 2. The third kappa shape index (κ3) is 4.39. The van der Waals surface area contributed by atoms with E-state index in [1.165, 1.54) is 16.9 Å². The molecule has 3 aromatic rings. The zero-order valence-corrected chi connectivity index (χ0v) is 16.2. The third-order valence-electron chi connectivity index (χ3n) is 3.77. The molecule has 2 aromatic carbocycles. The van der Waals surface area contributed by atoms with Gasteiger partial charge in [-0.15, -0.1) is 10.2 Å². The fourth-order valence-corrected chi connectivity index (χ4v) is 3.11. The van der Waals surface area contributed by atoms with Gasteiger partial charge in [0.25, 0.3) is 5.91 Å². The molecule has 0 radical (unpaired) electrons. The van der Waals surface area contributed by atoms with Gasteiger partial charge in [-0.1, -0.05) is 52.8 Å². The van der Waals surface area contributed by atoms with Gasteiger partial charge in [0.1, 0.15) is 10.8 Å². The summed E-state index contributed by atoms with van der Waals surface area (Å²) in [4.78, 5) is 12.3. The maximum atomic E-state index is 12.3. The predicted molar refractivity (Wildman–Crippen MR) is 105 cm³/mol. The minimum atomic E-state index is -0.678. The van der Waals surface area contributed by atoms with E-state index in [0.717, 1.165) is 16.1 Å². The number of hydrogen-bond acceptors (Lipinski definition) is 5. The molecule has 1 atom stereocenters. The van der Waals surface area contributed by atoms with Crippen LogP contribution in [0.3, 0.4) is 0 Å². The second kappa shape index (κ2) is 7.85. The molecule has 0 bridgehead atoms. The number of aromatic nitrogens is 2. The van der Waals surface area contributed by atoms with Crippen LogP contribution in [0.4, 0.5) is 5.13 Å². The van der Waals surface area contributed by atoms with E-state index >= 15 is 0 Å². The molecule has 7 heteroatoms. The van der Waals surface area contributed by atoms with Crippen molar-refractivity contribution in [3.63, 3.8) is 0 Å². The minimum absolute atomic E-state index is 0.288. The van der Waals surface area contributed by atoms with E-state index in [-0.39, 0.29) is 5.91 Å². The SMILES string of the molecule is Cc1ccc(-c2nnc(NC(=O)[C@@H](C)Oc3ccc(Cl)c(C)c3)s2)cc1. The highest BCUT2D eigenvalue weighted by Gasteiger charge is 2.17. The van der Waals surface area contributed by atoms with Crippen LogP contribution in [0.5, 0.6) is 5.75 Å². The number of carbonyl (C=O) groups is 1. The third-order valence-corrected chi connectivity index (χ3v) is 5.08. The van der Waals surface area contributed by atoms with E-state index in [1.54, 1.807) is 25.1 Å². The first-order chi connectivity index (χ1) is 12.4. The van der Waals surface area contributed by atoms with E-state index in [4.69, 9.17) is 16.3 Å². The molecule has 0 aliphatic rings. The Balaban J connectivity index is 1.64. The number of amides is 1. The van der Waals surface area contributed by atoms with Crippen molar-refractivity contribution in [1.29, 1.82) is 0 Å². The fourth-order valence-electron chi connectivity index (χ4n) is 2.24. The van der Waals surface area contributed by atoms with Gasteiger partial charge in [0.15, 0.2) is 6.10 Å². The van der Waals surface area contributed by atoms with Gasteiger partial charge < -0.3 is 4.74 Å². The molecule has 134 valence electrons. The summed E-state index contributed by atoms with van der Waals surface area (Å²) >= 11 is 7.32. The standard InChI is InChI=1S/C19H18ClN3O2S/c1-11-4-6-14(7-5-11)18-22-23-19(26-18)21-17(24)13(3)25-15-8-9-16(20)12(2)10-15/h4-10,13H,1-3H3,(H,21,23,24)/t13-/m1/s1. The van der Waals surface area contributed by atoms with E-state index in [2.05, 4.69) is 15.5 Å². The normalized spacial score (nSPS) is 11.8. The van der Waals surface area contributed by atoms with Crippen LogP contribution in [0.1, 0.15) is 18.1 Å². The largest absolute Gasteiger partial charge is 0.481 e. The zero-order chi connectivity index (χ0) is 18.7. The van der Waals surface area contributed by atoms with E-state index in [9.17, 15) is 4.79 Å². The molecule has 0 spiro atoms. The summed E-state index contributed by atoms with van der Waals surface area (Å²) in [6, 6.07) is 13.3. The van der Waals surface area contributed by atoms with Crippen molar-refractivity contribution < 1.29 is 9.53 Å². The van der Waals surface area contributed by atoms with Gasteiger partial charge in [-0.25, -0.2) is 0 Å². The van der Waals surface area contributed by atoms with Crippen LogP contribution in [-0.2, 0) is 4.79 Å². The first-order valence-electron chi connectivity index (χ1n) is 8.06. The Hall–Kier alpha value is -2.44. The number of carbonyl (C=O) groups excluding carboxylic acids is 1. The lowest BCUT2D eigenvalue weighted by molar-refractivity contribution is -0.122. The summed E-state index contributed by atoms with van der Waals surface area (Å²) in [6.07, 6.45) is -0.678. The molecule has 1 heterocycles. The maximum absolute atomic E-state index is 12.3. The number of benzene rings is 2. The second-order valence-corrected chi connectivity index (χ2v) is 7.32. The van der Waals surface area contributed by atoms with Crippen LogP contribution in [-0.4, -0.2) is 22.2 Å². The number of anilines is 1. The summed E-state index contributed by atoms with van der Waals surface area (Å²) in [5, 5.41) is 12.8. The molecule has 0 fully saturated rings. The highest BCUT2D eigenvalue weighted by Crippen LogP contribution is 2.27. The van der Waals surface area contributed by atoms with Crippen molar-refractivity contribution >= 4 is 34.0 Å². The van der Waals surface area contributed by atoms with Crippen LogP contribution in [0, 0.1) is 13.8 Å². The van der Waals surface area contributed by atoms with E-state index < -0.39 is 6.10 Å². The second-order valence-electron chi connectivity index (χ2n) is 5.94. The molecule has 1 N–H and O–H groups in total. The Bertz CT molecular complexity index is 925. The van der Waals surface area contributed by atoms with Gasteiger partial charge in [0.2, 0.25) is 5.13 Å². The molecule has 1 aromatic heterocycles. The topological polar surface area (TPSA) is 64.1 Å². The summed E-state index contributed by atoms with van der Waals surface area (Å²) < 4.78 is 5.67. The van der Waals surface area contributed by atoms with Gasteiger partial charge in [0.05, 0.1) is 0 Å². The quantitative estimate of drug-likeness (QED) is 0.677. The van der Waals surface area contributed by atoms with Gasteiger partial charge in [-0.05, 0) is 44.5 Å². The molecule has 1 amide bonds. The lowest BCUT2D eigenvalue weighted by Crippen LogP contribution is -2.30. The lowest BCUT2D eigenvalue weighted by atomic mass is 10.2. The van der Waals surface area contributed by atoms with Crippen LogP contribution in [0.15, 0.2) is 42.5 Å². The summed E-state index contributed by atoms with van der Waals surface area (Å²) in [6.45, 7) is 5.59. The highest BCUT2D eigenvalue weighted by atomic mass is 35.5. The average molecular weight is 388 g/mol. The number of ether oxygens (including phenoxy) is 1. The van der Waals surface area contributed by atoms with Gasteiger partial charge in [0, 0.05) is 10.6 Å². The number of rotatable bonds is 5. The van der Waals surface area contributed by atoms with Gasteiger partial charge >= 0.3 is 0 Å². The van der Waals surface area contributed by atoms with Crippen molar-refractivity contribution in [1.82, 2.24) is 10.2 Å². The molecule has 5 nitrogen and oxygen atoms in total. The van der Waals surface area contributed by atoms with E-state index in [1.807, 2.05) is 38.1 Å². The Kier molecular flexibility index (Phi) is 5.54. The minimum Gasteiger partial charge on any atom is -0.481 e. The summed E-state index contributed by atoms with van der Waals surface area (Å²) in [5.74, 6) is 0.302. The van der Waals surface area contributed by atoms with Crippen molar-refractivity contribution in [2.45, 2.75) is 26.9 Å². The summed E-state index contributed by atoms with van der Waals surface area (Å²) in [7, 11) is 0. The molecule has 26 heavy (non-hydrogen) atoms. The Morgan fingerprint density at radius 2 is 1.88 bits per heavy atom. The van der Waals surface area contributed by atoms with Crippen molar-refractivity contribution in [2.75, 3.05) is 5.32 Å². The number of hydrogen-bond donors (Lipinski definition) is 1. The molecular weight excluding hydrogens is 370 g/mol. The molecule has 0 saturated carbocycles. The molecule has 0 unspecified atom stereocenters. The molecular formula is C19H18ClN3O2S. The fraction of sp³-hybridized carbons (Fsp3) is 0.211. The van der Waals surface area contributed by atoms with Crippen LogP contribution < -0.4 is 10.1 Å². The van der Waals surface area contributed by atoms with Crippen molar-refractivity contribution in [3.05, 3.63) is 58.6 Å². The Morgan fingerprint density at radius 1 is 1.15 bits per heavy atom. The Labute approximate surface area is 161 Å². The van der Waals surface area contributed by atoms with Gasteiger partial charge in [-0.2, -0.15) is 0 Å². The number of aryl methyl sites for hydroxylation is 2. The smallest absolute Gasteiger partial charge is 0.266 e. The number of halogens is 1. The van der Waals surface area contributed by atoms with Crippen molar-refractivity contribution in [2.24, 2.45) is 0 Å². The Morgan fingerprint density at radius 3 is 2.58 bits per heavy atom. The van der Waals surface area contributed by atoms with E-state index in [0.29, 0.717) is 15.9 Å². The van der Waals surface area contributed by atoms with Crippen molar-refractivity contribution in [3.8, 4) is 16.3 Å². The highest BCUT2D eigenvalue weighted by molar-refractivity contribution is 7.18. The van der Waals surface area contributed by atoms with Gasteiger partial charge in [-0.3, -0.25) is 10.1 Å². The first-order valence-corrected chi connectivity index (χ1v) is 9.26. The lowest BCUT2D eigenvalue weighted by Gasteiger charge is -2.14. The average Bonchev–Trinajstić information content (AvgIpc) is 3.07. The number of nitrogens with one attached hydrogen (secondary N) is 1. The van der Waals surface area contributed by atoms with Crippen LogP contribution >= 0.6 is 22.9 Å². The molecule has 0 aliphatic carbocycles. The van der Waals surface area contributed by atoms with Crippen LogP contribution in [0.25, 0.3) is 10.6 Å². The first kappa shape index (κ1) is 18.4. The van der Waals surface area contributed by atoms with Crippen LogP contribution in [0.2, 0.25) is 5.02 Å². The monoisotopic (exact) mass is 387 g/mol. The maximum Gasteiger partial charge on any atom is 0.266 e.